The van der Waals surface area contributed by atoms with Gasteiger partial charge < -0.3 is 20.7 Å². The van der Waals surface area contributed by atoms with Crippen molar-refractivity contribution in [2.45, 2.75) is 25.8 Å². The van der Waals surface area contributed by atoms with Gasteiger partial charge in [-0.25, -0.2) is 0 Å². The second-order valence-corrected chi connectivity index (χ2v) is 5.10. The molecule has 1 aromatic heterocycles. The standard InChI is InChI=1S/C11H18N4O2S/c1-7(11(16)15-5-3-4-6-15)13-10-8(17-2)9(12)14-18-10/h7,13H,3-6H2,1-2H3,(H2,12,14). The van der Waals surface area contributed by atoms with Crippen LogP contribution in [0.15, 0.2) is 0 Å². The molecule has 1 unspecified atom stereocenters. The monoisotopic (exact) mass is 270 g/mol. The Kier molecular flexibility index (Phi) is 3.90. The number of methoxy groups -OCH3 is 1. The van der Waals surface area contributed by atoms with E-state index in [1.807, 2.05) is 11.8 Å². The highest BCUT2D eigenvalue weighted by Crippen LogP contribution is 2.35. The van der Waals surface area contributed by atoms with E-state index < -0.39 is 0 Å². The number of nitrogens with one attached hydrogen (secondary N) is 1. The van der Waals surface area contributed by atoms with Gasteiger partial charge in [0.05, 0.1) is 7.11 Å². The fourth-order valence-electron chi connectivity index (χ4n) is 2.05. The van der Waals surface area contributed by atoms with Crippen LogP contribution in [0.1, 0.15) is 19.8 Å². The Morgan fingerprint density at radius 1 is 1.56 bits per heavy atom. The van der Waals surface area contributed by atoms with Crippen LogP contribution in [0.5, 0.6) is 5.75 Å². The molecule has 100 valence electrons. The van der Waals surface area contributed by atoms with Gasteiger partial charge in [0.25, 0.3) is 0 Å². The first-order valence-electron chi connectivity index (χ1n) is 5.98. The van der Waals surface area contributed by atoms with Gasteiger partial charge in [0.15, 0.2) is 16.6 Å². The third-order valence-electron chi connectivity index (χ3n) is 3.01. The Balaban J connectivity index is 2.01. The van der Waals surface area contributed by atoms with E-state index in [1.54, 1.807) is 0 Å². The van der Waals surface area contributed by atoms with E-state index in [0.717, 1.165) is 25.9 Å². The molecule has 1 amide bonds. The third kappa shape index (κ3) is 2.50. The maximum atomic E-state index is 12.1. The molecule has 0 saturated carbocycles. The predicted octanol–water partition coefficient (Wildman–Crippen LogP) is 1.16. The van der Waals surface area contributed by atoms with Gasteiger partial charge in [0, 0.05) is 13.1 Å². The summed E-state index contributed by atoms with van der Waals surface area (Å²) in [5.41, 5.74) is 5.66. The summed E-state index contributed by atoms with van der Waals surface area (Å²) < 4.78 is 9.16. The van der Waals surface area contributed by atoms with Gasteiger partial charge in [-0.05, 0) is 31.3 Å². The molecule has 0 aromatic carbocycles. The van der Waals surface area contributed by atoms with E-state index in [0.29, 0.717) is 16.6 Å². The van der Waals surface area contributed by atoms with Gasteiger partial charge in [-0.1, -0.05) is 0 Å². The van der Waals surface area contributed by atoms with Crippen LogP contribution in [0.2, 0.25) is 0 Å². The lowest BCUT2D eigenvalue weighted by molar-refractivity contribution is -0.130. The highest BCUT2D eigenvalue weighted by Gasteiger charge is 2.24. The Labute approximate surface area is 110 Å². The number of hydrogen-bond donors (Lipinski definition) is 2. The fourth-order valence-corrected chi connectivity index (χ4v) is 2.83. The summed E-state index contributed by atoms with van der Waals surface area (Å²) in [6.45, 7) is 3.55. The molecule has 1 aliphatic rings. The van der Waals surface area contributed by atoms with E-state index in [9.17, 15) is 4.79 Å². The van der Waals surface area contributed by atoms with Crippen molar-refractivity contribution in [2.75, 3.05) is 31.2 Å². The lowest BCUT2D eigenvalue weighted by atomic mass is 10.3. The van der Waals surface area contributed by atoms with Crippen LogP contribution in [0.4, 0.5) is 10.8 Å². The molecule has 0 aliphatic carbocycles. The number of nitrogen functional groups attached to an aromatic ring is 1. The number of amides is 1. The summed E-state index contributed by atoms with van der Waals surface area (Å²) >= 11 is 1.21. The van der Waals surface area contributed by atoms with Crippen LogP contribution in [0.3, 0.4) is 0 Å². The largest absolute Gasteiger partial charge is 0.490 e. The number of carbonyl (C=O) groups is 1. The molecule has 7 heteroatoms. The topological polar surface area (TPSA) is 80.5 Å². The van der Waals surface area contributed by atoms with Gasteiger partial charge >= 0.3 is 0 Å². The minimum atomic E-state index is -0.295. The number of carbonyl (C=O) groups excluding carboxylic acids is 1. The zero-order chi connectivity index (χ0) is 13.1. The summed E-state index contributed by atoms with van der Waals surface area (Å²) in [5.74, 6) is 0.980. The normalized spacial score (nSPS) is 16.7. The Bertz CT molecular complexity index is 429. The molecule has 18 heavy (non-hydrogen) atoms. The molecule has 2 rings (SSSR count). The van der Waals surface area contributed by atoms with E-state index in [2.05, 4.69) is 9.69 Å². The van der Waals surface area contributed by atoms with Gasteiger partial charge in [0.2, 0.25) is 5.91 Å². The zero-order valence-electron chi connectivity index (χ0n) is 10.6. The Morgan fingerprint density at radius 3 is 2.83 bits per heavy atom. The highest BCUT2D eigenvalue weighted by atomic mass is 32.1. The first-order valence-corrected chi connectivity index (χ1v) is 6.75. The van der Waals surface area contributed by atoms with E-state index in [-0.39, 0.29) is 11.9 Å². The zero-order valence-corrected chi connectivity index (χ0v) is 11.4. The van der Waals surface area contributed by atoms with E-state index in [1.165, 1.54) is 18.6 Å². The summed E-state index contributed by atoms with van der Waals surface area (Å²) in [6.07, 6.45) is 2.19. The number of nitrogens with zero attached hydrogens (tertiary/aromatic N) is 2. The second kappa shape index (κ2) is 5.43. The van der Waals surface area contributed by atoms with Crippen molar-refractivity contribution in [1.82, 2.24) is 9.27 Å². The fraction of sp³-hybridized carbons (Fsp3) is 0.636. The lowest BCUT2D eigenvalue weighted by Gasteiger charge is -2.21. The third-order valence-corrected chi connectivity index (χ3v) is 3.79. The van der Waals surface area contributed by atoms with Crippen molar-refractivity contribution in [3.63, 3.8) is 0 Å². The van der Waals surface area contributed by atoms with Crippen LogP contribution in [-0.4, -0.2) is 41.4 Å². The molecule has 0 bridgehead atoms. The van der Waals surface area contributed by atoms with Crippen molar-refractivity contribution < 1.29 is 9.53 Å². The van der Waals surface area contributed by atoms with Crippen molar-refractivity contribution >= 4 is 28.3 Å². The molecule has 3 N–H and O–H groups in total. The van der Waals surface area contributed by atoms with Crippen molar-refractivity contribution in [1.29, 1.82) is 0 Å². The maximum absolute atomic E-state index is 12.1. The molecule has 1 fully saturated rings. The highest BCUT2D eigenvalue weighted by molar-refractivity contribution is 7.11. The van der Waals surface area contributed by atoms with Crippen molar-refractivity contribution in [3.8, 4) is 5.75 Å². The molecular formula is C11H18N4O2S. The van der Waals surface area contributed by atoms with Gasteiger partial charge in [-0.3, -0.25) is 4.79 Å². The smallest absolute Gasteiger partial charge is 0.244 e. The predicted molar refractivity (Wildman–Crippen MR) is 72.0 cm³/mol. The molecule has 0 spiro atoms. The number of nitrogens with two attached hydrogens (primary N) is 1. The Morgan fingerprint density at radius 2 is 2.22 bits per heavy atom. The first-order chi connectivity index (χ1) is 8.63. The minimum absolute atomic E-state index is 0.113. The molecule has 1 saturated heterocycles. The average Bonchev–Trinajstić information content (AvgIpc) is 2.98. The van der Waals surface area contributed by atoms with Gasteiger partial charge in [-0.2, -0.15) is 4.37 Å². The molecule has 1 aromatic rings. The molecule has 0 radical (unpaired) electrons. The summed E-state index contributed by atoms with van der Waals surface area (Å²) in [5, 5.41) is 3.82. The van der Waals surface area contributed by atoms with Crippen LogP contribution in [0.25, 0.3) is 0 Å². The molecule has 2 heterocycles. The second-order valence-electron chi connectivity index (χ2n) is 4.33. The number of anilines is 2. The SMILES string of the molecule is COc1c(N)nsc1NC(C)C(=O)N1CCCC1. The van der Waals surface area contributed by atoms with E-state index in [4.69, 9.17) is 10.5 Å². The van der Waals surface area contributed by atoms with Gasteiger partial charge in [-0.15, -0.1) is 0 Å². The van der Waals surface area contributed by atoms with Crippen molar-refractivity contribution in [3.05, 3.63) is 0 Å². The summed E-state index contributed by atoms with van der Waals surface area (Å²) in [7, 11) is 1.54. The maximum Gasteiger partial charge on any atom is 0.244 e. The first kappa shape index (κ1) is 12.9. The number of aromatic nitrogens is 1. The minimum Gasteiger partial charge on any atom is -0.490 e. The lowest BCUT2D eigenvalue weighted by Crippen LogP contribution is -2.39. The van der Waals surface area contributed by atoms with Crippen LogP contribution in [-0.2, 0) is 4.79 Å². The van der Waals surface area contributed by atoms with Gasteiger partial charge in [0.1, 0.15) is 6.04 Å². The number of likely N-dealkylation sites (tertiary alicyclic amines) is 1. The molecule has 6 nitrogen and oxygen atoms in total. The van der Waals surface area contributed by atoms with Crippen LogP contribution >= 0.6 is 11.5 Å². The number of rotatable bonds is 4. The Hall–Kier alpha value is -1.50. The molecular weight excluding hydrogens is 252 g/mol. The average molecular weight is 270 g/mol. The molecule has 1 aliphatic heterocycles. The summed E-state index contributed by atoms with van der Waals surface area (Å²) in [6, 6.07) is -0.295. The number of hydrogen-bond acceptors (Lipinski definition) is 6. The van der Waals surface area contributed by atoms with Crippen LogP contribution in [0, 0.1) is 0 Å². The summed E-state index contributed by atoms with van der Waals surface area (Å²) in [4.78, 5) is 14.0. The number of ether oxygens (including phenoxy) is 1. The van der Waals surface area contributed by atoms with Crippen molar-refractivity contribution in [2.24, 2.45) is 0 Å². The van der Waals surface area contributed by atoms with Crippen LogP contribution < -0.4 is 15.8 Å². The quantitative estimate of drug-likeness (QED) is 0.858. The molecule has 1 atom stereocenters. The van der Waals surface area contributed by atoms with E-state index >= 15 is 0 Å².